The lowest BCUT2D eigenvalue weighted by Gasteiger charge is -2.12. The molecule has 112 valence electrons. The molecule has 0 amide bonds. The highest BCUT2D eigenvalue weighted by molar-refractivity contribution is 6.42. The Bertz CT molecular complexity index is 584. The summed E-state index contributed by atoms with van der Waals surface area (Å²) in [5.74, 6) is 0.874. The molecule has 4 heteroatoms. The third kappa shape index (κ3) is 4.92. The minimum atomic E-state index is 0.101. The Balaban J connectivity index is 1.86. The van der Waals surface area contributed by atoms with E-state index in [1.54, 1.807) is 7.11 Å². The van der Waals surface area contributed by atoms with Crippen molar-refractivity contribution in [1.82, 2.24) is 0 Å². The fourth-order valence-corrected chi connectivity index (χ4v) is 2.54. The maximum atomic E-state index is 6.20. The Morgan fingerprint density at radius 3 is 2.29 bits per heavy atom. The van der Waals surface area contributed by atoms with Crippen molar-refractivity contribution in [2.24, 2.45) is 5.73 Å². The fraction of sp³-hybridized carbons (Fsp3) is 0.294. The van der Waals surface area contributed by atoms with Crippen molar-refractivity contribution in [2.45, 2.75) is 25.3 Å². The van der Waals surface area contributed by atoms with E-state index in [1.165, 1.54) is 5.56 Å². The molecule has 0 spiro atoms. The molecule has 0 saturated heterocycles. The number of nitrogens with two attached hydrogens (primary N) is 1. The van der Waals surface area contributed by atoms with Crippen molar-refractivity contribution < 1.29 is 4.74 Å². The molecule has 0 aromatic heterocycles. The van der Waals surface area contributed by atoms with Gasteiger partial charge in [-0.25, -0.2) is 0 Å². The molecule has 0 aliphatic rings. The molecule has 2 aromatic carbocycles. The van der Waals surface area contributed by atoms with Crippen LogP contribution < -0.4 is 10.5 Å². The highest BCUT2D eigenvalue weighted by atomic mass is 35.5. The van der Waals surface area contributed by atoms with Gasteiger partial charge in [0.1, 0.15) is 5.75 Å². The third-order valence-corrected chi connectivity index (χ3v) is 4.18. The van der Waals surface area contributed by atoms with Crippen LogP contribution in [-0.2, 0) is 12.8 Å². The largest absolute Gasteiger partial charge is 0.497 e. The smallest absolute Gasteiger partial charge is 0.118 e. The van der Waals surface area contributed by atoms with Gasteiger partial charge in [-0.1, -0.05) is 41.4 Å². The number of hydrogen-bond acceptors (Lipinski definition) is 2. The van der Waals surface area contributed by atoms with Crippen molar-refractivity contribution >= 4 is 23.2 Å². The fourth-order valence-electron chi connectivity index (χ4n) is 2.22. The van der Waals surface area contributed by atoms with Crippen LogP contribution in [0.15, 0.2) is 42.5 Å². The zero-order valence-electron chi connectivity index (χ0n) is 12.0. The van der Waals surface area contributed by atoms with Gasteiger partial charge in [-0.3, -0.25) is 0 Å². The molecule has 2 nitrogen and oxygen atoms in total. The average molecular weight is 324 g/mol. The molecule has 2 rings (SSSR count). The lowest BCUT2D eigenvalue weighted by atomic mass is 10.00. The van der Waals surface area contributed by atoms with E-state index in [4.69, 9.17) is 33.7 Å². The summed E-state index contributed by atoms with van der Waals surface area (Å²) in [7, 11) is 1.67. The maximum Gasteiger partial charge on any atom is 0.118 e. The summed E-state index contributed by atoms with van der Waals surface area (Å²) in [6, 6.07) is 13.9. The predicted octanol–water partition coefficient (Wildman–Crippen LogP) is 4.50. The monoisotopic (exact) mass is 323 g/mol. The molecule has 2 aromatic rings. The molecule has 0 radical (unpaired) electrons. The van der Waals surface area contributed by atoms with E-state index in [1.807, 2.05) is 30.3 Å². The van der Waals surface area contributed by atoms with Crippen molar-refractivity contribution in [3.63, 3.8) is 0 Å². The van der Waals surface area contributed by atoms with Crippen LogP contribution in [0.5, 0.6) is 5.75 Å². The molecule has 0 heterocycles. The molecule has 0 saturated carbocycles. The second kappa shape index (κ2) is 7.69. The van der Waals surface area contributed by atoms with Crippen LogP contribution in [0.2, 0.25) is 10.0 Å². The molecule has 2 N–H and O–H groups in total. The van der Waals surface area contributed by atoms with Crippen molar-refractivity contribution in [3.05, 3.63) is 63.6 Å². The minimum absolute atomic E-state index is 0.101. The Labute approximate surface area is 135 Å². The lowest BCUT2D eigenvalue weighted by molar-refractivity contribution is 0.414. The zero-order valence-corrected chi connectivity index (χ0v) is 13.5. The summed E-state index contributed by atoms with van der Waals surface area (Å²) in [6.45, 7) is 0. The number of halogens is 2. The molecule has 1 atom stereocenters. The van der Waals surface area contributed by atoms with Gasteiger partial charge in [-0.2, -0.15) is 0 Å². The van der Waals surface area contributed by atoms with Crippen LogP contribution in [0.3, 0.4) is 0 Å². The Hall–Kier alpha value is -1.22. The highest BCUT2D eigenvalue weighted by Crippen LogP contribution is 2.23. The Morgan fingerprint density at radius 2 is 1.67 bits per heavy atom. The average Bonchev–Trinajstić information content (AvgIpc) is 2.49. The van der Waals surface area contributed by atoms with E-state index < -0.39 is 0 Å². The van der Waals surface area contributed by atoms with Gasteiger partial charge in [0.2, 0.25) is 0 Å². The number of rotatable bonds is 6. The van der Waals surface area contributed by atoms with Crippen LogP contribution >= 0.6 is 23.2 Å². The van der Waals surface area contributed by atoms with E-state index >= 15 is 0 Å². The maximum absolute atomic E-state index is 6.20. The molecular formula is C17H19Cl2NO. The van der Waals surface area contributed by atoms with Gasteiger partial charge in [-0.15, -0.1) is 0 Å². The SMILES string of the molecule is COc1ccc(CCC(N)Cc2ccc(Cl)c(Cl)c2)cc1. The van der Waals surface area contributed by atoms with Crippen LogP contribution in [0.25, 0.3) is 0 Å². The first-order chi connectivity index (χ1) is 10.1. The standard InChI is InChI=1S/C17H19Cl2NO/c1-21-15-7-3-12(4-8-15)2-6-14(20)10-13-5-9-16(18)17(19)11-13/h3-5,7-9,11,14H,2,6,10,20H2,1H3. The van der Waals surface area contributed by atoms with Crippen molar-refractivity contribution in [3.8, 4) is 5.75 Å². The van der Waals surface area contributed by atoms with Gasteiger partial charge in [0.05, 0.1) is 17.2 Å². The number of methoxy groups -OCH3 is 1. The summed E-state index contributed by atoms with van der Waals surface area (Å²) >= 11 is 11.9. The molecule has 0 bridgehead atoms. The second-order valence-corrected chi connectivity index (χ2v) is 5.91. The van der Waals surface area contributed by atoms with E-state index in [2.05, 4.69) is 12.1 Å². The Morgan fingerprint density at radius 1 is 1.00 bits per heavy atom. The van der Waals surface area contributed by atoms with Crippen LogP contribution in [0.1, 0.15) is 17.5 Å². The number of hydrogen-bond donors (Lipinski definition) is 1. The summed E-state index contributed by atoms with van der Waals surface area (Å²) in [5.41, 5.74) is 8.58. The van der Waals surface area contributed by atoms with Gasteiger partial charge in [0.15, 0.2) is 0 Å². The molecule has 1 unspecified atom stereocenters. The minimum Gasteiger partial charge on any atom is -0.497 e. The van der Waals surface area contributed by atoms with Gasteiger partial charge in [0, 0.05) is 6.04 Å². The van der Waals surface area contributed by atoms with Gasteiger partial charge in [0.25, 0.3) is 0 Å². The van der Waals surface area contributed by atoms with Crippen LogP contribution in [-0.4, -0.2) is 13.2 Å². The number of ether oxygens (including phenoxy) is 1. The van der Waals surface area contributed by atoms with Crippen molar-refractivity contribution in [2.75, 3.05) is 7.11 Å². The Kier molecular flexibility index (Phi) is 5.92. The lowest BCUT2D eigenvalue weighted by Crippen LogP contribution is -2.23. The summed E-state index contributed by atoms with van der Waals surface area (Å²) < 4.78 is 5.15. The first-order valence-corrected chi connectivity index (χ1v) is 7.66. The van der Waals surface area contributed by atoms with Gasteiger partial charge >= 0.3 is 0 Å². The quantitative estimate of drug-likeness (QED) is 0.849. The zero-order chi connectivity index (χ0) is 15.2. The summed E-state index contributed by atoms with van der Waals surface area (Å²) in [4.78, 5) is 0. The highest BCUT2D eigenvalue weighted by Gasteiger charge is 2.07. The molecule has 0 fully saturated rings. The van der Waals surface area contributed by atoms with Crippen LogP contribution in [0, 0.1) is 0 Å². The normalized spacial score (nSPS) is 12.2. The summed E-state index contributed by atoms with van der Waals surface area (Å²) in [5, 5.41) is 1.16. The first-order valence-electron chi connectivity index (χ1n) is 6.91. The van der Waals surface area contributed by atoms with Gasteiger partial charge in [-0.05, 0) is 54.7 Å². The second-order valence-electron chi connectivity index (χ2n) is 5.10. The van der Waals surface area contributed by atoms with Crippen molar-refractivity contribution in [1.29, 1.82) is 0 Å². The van der Waals surface area contributed by atoms with E-state index in [0.717, 1.165) is 30.6 Å². The first kappa shape index (κ1) is 16.2. The van der Waals surface area contributed by atoms with E-state index in [9.17, 15) is 0 Å². The van der Waals surface area contributed by atoms with Crippen LogP contribution in [0.4, 0.5) is 0 Å². The number of aryl methyl sites for hydroxylation is 1. The molecule has 0 aliphatic heterocycles. The van der Waals surface area contributed by atoms with E-state index in [-0.39, 0.29) is 6.04 Å². The van der Waals surface area contributed by atoms with Gasteiger partial charge < -0.3 is 10.5 Å². The molecule has 0 aliphatic carbocycles. The topological polar surface area (TPSA) is 35.2 Å². The predicted molar refractivity (Wildman–Crippen MR) is 89.5 cm³/mol. The summed E-state index contributed by atoms with van der Waals surface area (Å²) in [6.07, 6.45) is 2.67. The third-order valence-electron chi connectivity index (χ3n) is 3.44. The number of benzene rings is 2. The van der Waals surface area contributed by atoms with E-state index in [0.29, 0.717) is 10.0 Å². The molecule has 21 heavy (non-hydrogen) atoms. The molecular weight excluding hydrogens is 305 g/mol.